The molecule has 0 saturated carbocycles. The summed E-state index contributed by atoms with van der Waals surface area (Å²) < 4.78 is 2.91. The molecule has 0 saturated heterocycles. The fourth-order valence-electron chi connectivity index (χ4n) is 2.49. The van der Waals surface area contributed by atoms with E-state index in [0.29, 0.717) is 18.5 Å². The van der Waals surface area contributed by atoms with Crippen molar-refractivity contribution in [1.29, 1.82) is 0 Å². The van der Waals surface area contributed by atoms with Gasteiger partial charge in [0.1, 0.15) is 12.2 Å². The second-order valence-corrected chi connectivity index (χ2v) is 6.44. The highest BCUT2D eigenvalue weighted by atomic mass is 32.1. The molecular formula is C17H18N4O2S. The third-order valence-electron chi connectivity index (χ3n) is 3.84. The lowest BCUT2D eigenvalue weighted by Crippen LogP contribution is -2.26. The van der Waals surface area contributed by atoms with Crippen LogP contribution in [-0.4, -0.2) is 33.0 Å². The van der Waals surface area contributed by atoms with Crippen LogP contribution in [0.2, 0.25) is 0 Å². The summed E-state index contributed by atoms with van der Waals surface area (Å²) in [7, 11) is 1.86. The minimum atomic E-state index is -0.120. The predicted octanol–water partition coefficient (Wildman–Crippen LogP) is 2.35. The van der Waals surface area contributed by atoms with E-state index in [0.717, 1.165) is 15.9 Å². The van der Waals surface area contributed by atoms with Crippen LogP contribution in [0.15, 0.2) is 36.0 Å². The molecule has 24 heavy (non-hydrogen) atoms. The van der Waals surface area contributed by atoms with Gasteiger partial charge >= 0.3 is 0 Å². The van der Waals surface area contributed by atoms with E-state index >= 15 is 0 Å². The van der Waals surface area contributed by atoms with Crippen LogP contribution in [0.4, 0.5) is 0 Å². The Hall–Kier alpha value is -2.54. The molecule has 0 fully saturated rings. The first-order valence-corrected chi connectivity index (χ1v) is 8.62. The quantitative estimate of drug-likeness (QED) is 0.669. The number of hydrogen-bond acceptors (Lipinski definition) is 5. The van der Waals surface area contributed by atoms with E-state index in [1.165, 1.54) is 0 Å². The molecule has 1 amide bonds. The van der Waals surface area contributed by atoms with Crippen molar-refractivity contribution >= 4 is 33.1 Å². The Bertz CT molecular complexity index is 868. The standard InChI is InChI=1S/C17H18N4O2S/c1-21-11-19-20-16(21)8-9-18-17(23)7-6-14(22)13-10-24-15-5-3-2-4-12(13)15/h2-5,10-11H,6-9H2,1H3,(H,18,23). The molecule has 0 atom stereocenters. The van der Waals surface area contributed by atoms with Gasteiger partial charge in [0.25, 0.3) is 0 Å². The van der Waals surface area contributed by atoms with Crippen LogP contribution in [-0.2, 0) is 18.3 Å². The molecule has 1 N–H and O–H groups in total. The van der Waals surface area contributed by atoms with Crippen molar-refractivity contribution < 1.29 is 9.59 Å². The van der Waals surface area contributed by atoms with Gasteiger partial charge in [-0.05, 0) is 6.07 Å². The number of nitrogens with one attached hydrogen (secondary N) is 1. The molecule has 2 aromatic heterocycles. The van der Waals surface area contributed by atoms with Crippen LogP contribution in [0, 0.1) is 0 Å². The molecule has 0 radical (unpaired) electrons. The minimum Gasteiger partial charge on any atom is -0.356 e. The maximum atomic E-state index is 12.3. The van der Waals surface area contributed by atoms with Gasteiger partial charge in [0.05, 0.1) is 0 Å². The van der Waals surface area contributed by atoms with Gasteiger partial charge in [0.2, 0.25) is 5.91 Å². The average molecular weight is 342 g/mol. The molecule has 124 valence electrons. The first kappa shape index (κ1) is 16.3. The fraction of sp³-hybridized carbons (Fsp3) is 0.294. The largest absolute Gasteiger partial charge is 0.356 e. The molecule has 0 aliphatic carbocycles. The number of ketones is 1. The van der Waals surface area contributed by atoms with E-state index < -0.39 is 0 Å². The first-order chi connectivity index (χ1) is 11.6. The smallest absolute Gasteiger partial charge is 0.220 e. The fourth-order valence-corrected chi connectivity index (χ4v) is 3.46. The molecule has 3 rings (SSSR count). The number of aryl methyl sites for hydroxylation is 1. The number of carbonyl (C=O) groups excluding carboxylic acids is 2. The number of rotatable bonds is 7. The third-order valence-corrected chi connectivity index (χ3v) is 4.80. The summed E-state index contributed by atoms with van der Waals surface area (Å²) in [6.07, 6.45) is 2.66. The number of thiophene rings is 1. The Morgan fingerprint density at radius 2 is 2.08 bits per heavy atom. The summed E-state index contributed by atoms with van der Waals surface area (Å²) in [5.74, 6) is 0.706. The van der Waals surface area contributed by atoms with Crippen molar-refractivity contribution in [3.05, 3.63) is 47.4 Å². The summed E-state index contributed by atoms with van der Waals surface area (Å²) in [5, 5.41) is 13.4. The lowest BCUT2D eigenvalue weighted by atomic mass is 10.1. The van der Waals surface area contributed by atoms with E-state index in [9.17, 15) is 9.59 Å². The van der Waals surface area contributed by atoms with Crippen molar-refractivity contribution in [2.24, 2.45) is 7.05 Å². The van der Waals surface area contributed by atoms with Crippen LogP contribution in [0.5, 0.6) is 0 Å². The molecule has 0 bridgehead atoms. The molecular weight excluding hydrogens is 324 g/mol. The van der Waals surface area contributed by atoms with Gasteiger partial charge in [-0.15, -0.1) is 21.5 Å². The van der Waals surface area contributed by atoms with Crippen molar-refractivity contribution in [2.75, 3.05) is 6.54 Å². The minimum absolute atomic E-state index is 0.0101. The molecule has 3 aromatic rings. The Morgan fingerprint density at radius 3 is 2.88 bits per heavy atom. The van der Waals surface area contributed by atoms with Gasteiger partial charge in [-0.2, -0.15) is 0 Å². The summed E-state index contributed by atoms with van der Waals surface area (Å²) in [5.41, 5.74) is 0.711. The van der Waals surface area contributed by atoms with Gasteiger partial charge in [-0.3, -0.25) is 9.59 Å². The lowest BCUT2D eigenvalue weighted by Gasteiger charge is -2.04. The zero-order valence-electron chi connectivity index (χ0n) is 13.4. The number of Topliss-reactive ketones (excluding diaryl/α,β-unsaturated/α-hetero) is 1. The normalized spacial score (nSPS) is 10.9. The van der Waals surface area contributed by atoms with Crippen LogP contribution in [0.3, 0.4) is 0 Å². The number of nitrogens with zero attached hydrogens (tertiary/aromatic N) is 3. The van der Waals surface area contributed by atoms with E-state index in [1.54, 1.807) is 17.7 Å². The number of aromatic nitrogens is 3. The van der Waals surface area contributed by atoms with Crippen molar-refractivity contribution in [2.45, 2.75) is 19.3 Å². The molecule has 2 heterocycles. The summed E-state index contributed by atoms with van der Waals surface area (Å²) in [6.45, 7) is 0.487. The number of amides is 1. The first-order valence-electron chi connectivity index (χ1n) is 7.74. The van der Waals surface area contributed by atoms with Gasteiger partial charge < -0.3 is 9.88 Å². The average Bonchev–Trinajstić information content (AvgIpc) is 3.19. The molecule has 7 heteroatoms. The topological polar surface area (TPSA) is 76.9 Å². The van der Waals surface area contributed by atoms with Crippen LogP contribution < -0.4 is 5.32 Å². The van der Waals surface area contributed by atoms with E-state index in [1.807, 2.05) is 41.3 Å². The van der Waals surface area contributed by atoms with E-state index in [2.05, 4.69) is 15.5 Å². The van der Waals surface area contributed by atoms with Crippen LogP contribution in [0.25, 0.3) is 10.1 Å². The third kappa shape index (κ3) is 3.68. The SMILES string of the molecule is Cn1cnnc1CCNC(=O)CCC(=O)c1csc2ccccc12. The Labute approximate surface area is 143 Å². The van der Waals surface area contributed by atoms with Gasteiger partial charge in [-0.1, -0.05) is 18.2 Å². The van der Waals surface area contributed by atoms with Gasteiger partial charge in [0.15, 0.2) is 5.78 Å². The molecule has 1 aromatic carbocycles. The lowest BCUT2D eigenvalue weighted by molar-refractivity contribution is -0.121. The second kappa shape index (κ2) is 7.35. The zero-order chi connectivity index (χ0) is 16.9. The number of hydrogen-bond donors (Lipinski definition) is 1. The number of carbonyl (C=O) groups is 2. The number of fused-ring (bicyclic) bond motifs is 1. The Balaban J connectivity index is 1.47. The zero-order valence-corrected chi connectivity index (χ0v) is 14.2. The highest BCUT2D eigenvalue weighted by molar-refractivity contribution is 7.17. The summed E-state index contributed by atoms with van der Waals surface area (Å²) in [4.78, 5) is 24.2. The monoisotopic (exact) mass is 342 g/mol. The Morgan fingerprint density at radius 1 is 1.25 bits per heavy atom. The van der Waals surface area contributed by atoms with Gasteiger partial charge in [-0.25, -0.2) is 0 Å². The maximum Gasteiger partial charge on any atom is 0.220 e. The summed E-state index contributed by atoms with van der Waals surface area (Å²) >= 11 is 1.55. The van der Waals surface area contributed by atoms with Crippen molar-refractivity contribution in [3.8, 4) is 0 Å². The van der Waals surface area contributed by atoms with E-state index in [-0.39, 0.29) is 24.5 Å². The predicted molar refractivity (Wildman–Crippen MR) is 93.1 cm³/mol. The second-order valence-electron chi connectivity index (χ2n) is 5.53. The molecule has 0 aliphatic rings. The van der Waals surface area contributed by atoms with E-state index in [4.69, 9.17) is 0 Å². The molecule has 0 aliphatic heterocycles. The molecule has 0 unspecified atom stereocenters. The van der Waals surface area contributed by atoms with Crippen molar-refractivity contribution in [1.82, 2.24) is 20.1 Å². The summed E-state index contributed by atoms with van der Waals surface area (Å²) in [6, 6.07) is 7.82. The van der Waals surface area contributed by atoms with Crippen LogP contribution in [0.1, 0.15) is 29.0 Å². The molecule has 6 nitrogen and oxygen atoms in total. The van der Waals surface area contributed by atoms with Gasteiger partial charge in [0, 0.05) is 53.9 Å². The number of benzene rings is 1. The highest BCUT2D eigenvalue weighted by Gasteiger charge is 2.13. The Kier molecular flexibility index (Phi) is 5.00. The maximum absolute atomic E-state index is 12.3. The highest BCUT2D eigenvalue weighted by Crippen LogP contribution is 2.26. The molecule has 0 spiro atoms. The van der Waals surface area contributed by atoms with Crippen LogP contribution >= 0.6 is 11.3 Å². The van der Waals surface area contributed by atoms with Crippen molar-refractivity contribution in [3.63, 3.8) is 0 Å².